The standard InChI is InChI=1S/C18H32N4O2/c1-12(2)21(13(3)23)11-16(24)19-15-10-14(17(4,5)6)20-22(15)18(7,8)9/h10,12H,11H2,1-9H3,(H,19,24). The van der Waals surface area contributed by atoms with Crippen LogP contribution in [0.4, 0.5) is 5.82 Å². The van der Waals surface area contributed by atoms with Crippen LogP contribution < -0.4 is 5.32 Å². The summed E-state index contributed by atoms with van der Waals surface area (Å²) in [6.45, 7) is 17.7. The Kier molecular flexibility index (Phi) is 5.85. The van der Waals surface area contributed by atoms with Gasteiger partial charge in [-0.15, -0.1) is 0 Å². The zero-order valence-electron chi connectivity index (χ0n) is 16.5. The van der Waals surface area contributed by atoms with Gasteiger partial charge in [0.25, 0.3) is 0 Å². The van der Waals surface area contributed by atoms with Crippen molar-refractivity contribution in [2.24, 2.45) is 0 Å². The fraction of sp³-hybridized carbons (Fsp3) is 0.722. The van der Waals surface area contributed by atoms with E-state index in [2.05, 4.69) is 31.2 Å². The maximum atomic E-state index is 12.4. The van der Waals surface area contributed by atoms with Gasteiger partial charge in [-0.2, -0.15) is 5.10 Å². The molecule has 0 saturated heterocycles. The molecule has 0 spiro atoms. The third-order valence-corrected chi connectivity index (χ3v) is 3.72. The molecule has 1 aromatic rings. The molecule has 1 N–H and O–H groups in total. The number of aromatic nitrogens is 2. The lowest BCUT2D eigenvalue weighted by molar-refractivity contribution is -0.134. The Morgan fingerprint density at radius 1 is 1.21 bits per heavy atom. The Bertz CT molecular complexity index is 604. The van der Waals surface area contributed by atoms with Crippen molar-refractivity contribution in [3.63, 3.8) is 0 Å². The summed E-state index contributed by atoms with van der Waals surface area (Å²) >= 11 is 0. The lowest BCUT2D eigenvalue weighted by atomic mass is 9.92. The van der Waals surface area contributed by atoms with Crippen LogP contribution in [0.25, 0.3) is 0 Å². The molecular weight excluding hydrogens is 304 g/mol. The Morgan fingerprint density at radius 3 is 2.12 bits per heavy atom. The molecule has 6 heteroatoms. The molecule has 0 aliphatic carbocycles. The predicted molar refractivity (Wildman–Crippen MR) is 97.1 cm³/mol. The molecule has 0 radical (unpaired) electrons. The van der Waals surface area contributed by atoms with Gasteiger partial charge in [0.1, 0.15) is 12.4 Å². The molecule has 6 nitrogen and oxygen atoms in total. The topological polar surface area (TPSA) is 67.2 Å². The first kappa shape index (κ1) is 20.2. The molecule has 0 aliphatic heterocycles. The number of hydrogen-bond acceptors (Lipinski definition) is 3. The molecule has 136 valence electrons. The second kappa shape index (κ2) is 6.95. The maximum Gasteiger partial charge on any atom is 0.245 e. The van der Waals surface area contributed by atoms with Gasteiger partial charge < -0.3 is 10.2 Å². The van der Waals surface area contributed by atoms with E-state index in [9.17, 15) is 9.59 Å². The van der Waals surface area contributed by atoms with Gasteiger partial charge in [0.15, 0.2) is 0 Å². The molecule has 1 aromatic heterocycles. The summed E-state index contributed by atoms with van der Waals surface area (Å²) in [5, 5.41) is 7.59. The summed E-state index contributed by atoms with van der Waals surface area (Å²) in [6, 6.07) is 1.89. The molecule has 0 saturated carbocycles. The van der Waals surface area contributed by atoms with E-state index in [1.807, 2.05) is 45.4 Å². The Hall–Kier alpha value is -1.85. The average molecular weight is 336 g/mol. The van der Waals surface area contributed by atoms with Gasteiger partial charge in [-0.05, 0) is 34.6 Å². The molecule has 2 amide bonds. The smallest absolute Gasteiger partial charge is 0.245 e. The molecule has 1 rings (SSSR count). The monoisotopic (exact) mass is 336 g/mol. The van der Waals surface area contributed by atoms with Crippen molar-refractivity contribution in [3.05, 3.63) is 11.8 Å². The van der Waals surface area contributed by atoms with Crippen LogP contribution in [-0.4, -0.2) is 39.1 Å². The van der Waals surface area contributed by atoms with E-state index in [4.69, 9.17) is 0 Å². The quantitative estimate of drug-likeness (QED) is 0.918. The van der Waals surface area contributed by atoms with Gasteiger partial charge in [-0.3, -0.25) is 9.59 Å². The van der Waals surface area contributed by atoms with E-state index >= 15 is 0 Å². The number of anilines is 1. The molecule has 1 heterocycles. The third kappa shape index (κ3) is 5.08. The Labute approximate surface area is 145 Å². The molecular formula is C18H32N4O2. The number of amides is 2. The van der Waals surface area contributed by atoms with Crippen LogP contribution in [0.3, 0.4) is 0 Å². The van der Waals surface area contributed by atoms with Crippen LogP contribution in [-0.2, 0) is 20.5 Å². The number of nitrogens with zero attached hydrogens (tertiary/aromatic N) is 3. The van der Waals surface area contributed by atoms with Crippen LogP contribution >= 0.6 is 0 Å². The highest BCUT2D eigenvalue weighted by Crippen LogP contribution is 2.28. The van der Waals surface area contributed by atoms with Crippen molar-refractivity contribution in [2.45, 2.75) is 79.3 Å². The SMILES string of the molecule is CC(=O)N(CC(=O)Nc1cc(C(C)(C)C)nn1C(C)(C)C)C(C)C. The minimum absolute atomic E-state index is 0.0223. The maximum absolute atomic E-state index is 12.4. The Balaban J connectivity index is 3.07. The molecule has 0 atom stereocenters. The highest BCUT2D eigenvalue weighted by atomic mass is 16.2. The van der Waals surface area contributed by atoms with Gasteiger partial charge in [0.05, 0.1) is 11.2 Å². The Morgan fingerprint density at radius 2 is 1.75 bits per heavy atom. The van der Waals surface area contributed by atoms with E-state index < -0.39 is 0 Å². The van der Waals surface area contributed by atoms with Crippen molar-refractivity contribution in [3.8, 4) is 0 Å². The molecule has 0 aromatic carbocycles. The minimum atomic E-state index is -0.259. The first-order chi connectivity index (χ1) is 10.7. The van der Waals surface area contributed by atoms with Crippen molar-refractivity contribution in [1.29, 1.82) is 0 Å². The number of hydrogen-bond donors (Lipinski definition) is 1. The van der Waals surface area contributed by atoms with Gasteiger partial charge in [-0.1, -0.05) is 20.8 Å². The van der Waals surface area contributed by atoms with E-state index in [-0.39, 0.29) is 35.4 Å². The minimum Gasteiger partial charge on any atom is -0.331 e. The fourth-order valence-corrected chi connectivity index (χ4v) is 2.34. The first-order valence-corrected chi connectivity index (χ1v) is 8.41. The van der Waals surface area contributed by atoms with Crippen LogP contribution in [0.15, 0.2) is 6.07 Å². The number of nitrogens with one attached hydrogen (secondary N) is 1. The van der Waals surface area contributed by atoms with Gasteiger partial charge >= 0.3 is 0 Å². The summed E-state index contributed by atoms with van der Waals surface area (Å²) in [5.74, 6) is 0.328. The highest BCUT2D eigenvalue weighted by Gasteiger charge is 2.26. The summed E-state index contributed by atoms with van der Waals surface area (Å²) in [5.41, 5.74) is 0.545. The number of carbonyl (C=O) groups excluding carboxylic acids is 2. The van der Waals surface area contributed by atoms with Gasteiger partial charge in [-0.25, -0.2) is 4.68 Å². The van der Waals surface area contributed by atoms with Crippen molar-refractivity contribution < 1.29 is 9.59 Å². The number of carbonyl (C=O) groups is 2. The van der Waals surface area contributed by atoms with Crippen molar-refractivity contribution in [2.75, 3.05) is 11.9 Å². The first-order valence-electron chi connectivity index (χ1n) is 8.41. The molecule has 24 heavy (non-hydrogen) atoms. The van der Waals surface area contributed by atoms with Crippen LogP contribution in [0.5, 0.6) is 0 Å². The zero-order chi connectivity index (χ0) is 18.9. The van der Waals surface area contributed by atoms with E-state index in [1.54, 1.807) is 0 Å². The van der Waals surface area contributed by atoms with Crippen LogP contribution in [0.1, 0.15) is 68.0 Å². The molecule has 0 fully saturated rings. The molecule has 0 bridgehead atoms. The van der Waals surface area contributed by atoms with Crippen LogP contribution in [0.2, 0.25) is 0 Å². The fourth-order valence-electron chi connectivity index (χ4n) is 2.34. The number of rotatable bonds is 4. The highest BCUT2D eigenvalue weighted by molar-refractivity contribution is 5.93. The van der Waals surface area contributed by atoms with Crippen LogP contribution in [0, 0.1) is 0 Å². The van der Waals surface area contributed by atoms with Crippen molar-refractivity contribution in [1.82, 2.24) is 14.7 Å². The zero-order valence-corrected chi connectivity index (χ0v) is 16.5. The second-order valence-electron chi connectivity index (χ2n) is 8.54. The molecule has 0 aliphatic rings. The summed E-state index contributed by atoms with van der Waals surface area (Å²) < 4.78 is 1.83. The lowest BCUT2D eigenvalue weighted by Gasteiger charge is -2.26. The van der Waals surface area contributed by atoms with E-state index in [0.717, 1.165) is 5.69 Å². The average Bonchev–Trinajstić information content (AvgIpc) is 2.78. The van der Waals surface area contributed by atoms with Gasteiger partial charge in [0.2, 0.25) is 11.8 Å². The summed E-state index contributed by atoms with van der Waals surface area (Å²) in [7, 11) is 0. The van der Waals surface area contributed by atoms with Crippen molar-refractivity contribution >= 4 is 17.6 Å². The normalized spacial score (nSPS) is 12.4. The predicted octanol–water partition coefficient (Wildman–Crippen LogP) is 3.13. The lowest BCUT2D eigenvalue weighted by Crippen LogP contribution is -2.41. The summed E-state index contributed by atoms with van der Waals surface area (Å²) in [6.07, 6.45) is 0. The third-order valence-electron chi connectivity index (χ3n) is 3.72. The second-order valence-corrected chi connectivity index (χ2v) is 8.54. The molecule has 0 unspecified atom stereocenters. The summed E-state index contributed by atoms with van der Waals surface area (Å²) in [4.78, 5) is 25.6. The van der Waals surface area contributed by atoms with E-state index in [0.29, 0.717) is 5.82 Å². The van der Waals surface area contributed by atoms with E-state index in [1.165, 1.54) is 11.8 Å². The van der Waals surface area contributed by atoms with Gasteiger partial charge in [0, 0.05) is 24.4 Å². The largest absolute Gasteiger partial charge is 0.331 e.